The van der Waals surface area contributed by atoms with Crippen molar-refractivity contribution in [3.63, 3.8) is 0 Å². The van der Waals surface area contributed by atoms with Crippen molar-refractivity contribution < 1.29 is 17.9 Å². The van der Waals surface area contributed by atoms with E-state index in [9.17, 15) is 13.2 Å². The van der Waals surface area contributed by atoms with Crippen molar-refractivity contribution in [1.29, 1.82) is 0 Å². The van der Waals surface area contributed by atoms with Crippen molar-refractivity contribution in [2.24, 2.45) is 5.41 Å². The molecule has 1 N–H and O–H groups in total. The topological polar surface area (TPSA) is 75.7 Å². The predicted molar refractivity (Wildman–Crippen MR) is 121 cm³/mol. The molecule has 1 saturated carbocycles. The van der Waals surface area contributed by atoms with Gasteiger partial charge in [-0.15, -0.1) is 0 Å². The summed E-state index contributed by atoms with van der Waals surface area (Å²) in [4.78, 5) is 14.5. The minimum absolute atomic E-state index is 0.110. The molecule has 1 amide bonds. The molecule has 7 heteroatoms. The summed E-state index contributed by atoms with van der Waals surface area (Å²) in [5, 5.41) is 0. The number of sulfonamides is 1. The highest BCUT2D eigenvalue weighted by Crippen LogP contribution is 2.45. The lowest BCUT2D eigenvalue weighted by molar-refractivity contribution is 0.0807. The quantitative estimate of drug-likeness (QED) is 0.707. The molecule has 0 aromatic heterocycles. The smallest absolute Gasteiger partial charge is 0.410 e. The van der Waals surface area contributed by atoms with Crippen molar-refractivity contribution in [3.05, 3.63) is 60.2 Å². The van der Waals surface area contributed by atoms with Crippen molar-refractivity contribution in [2.75, 3.05) is 19.4 Å². The molecule has 2 fully saturated rings. The number of amides is 1. The number of carbonyl (C=O) groups excluding carboxylic acids is 1. The number of carbonyl (C=O) groups is 1. The predicted octanol–water partition coefficient (Wildman–Crippen LogP) is 3.82. The Balaban J connectivity index is 1.54. The molecule has 0 spiro atoms. The van der Waals surface area contributed by atoms with Gasteiger partial charge in [0.2, 0.25) is 10.0 Å². The monoisotopic (exact) mass is 442 g/mol. The SMILES string of the molecule is CC1(COC(=O)N2CCC(NS(C)(=O)=O)C2Cc2cccc(-c3ccccc3)c2)CC1. The average Bonchev–Trinajstić information content (AvgIpc) is 3.36. The third-order valence-electron chi connectivity index (χ3n) is 6.27. The van der Waals surface area contributed by atoms with E-state index in [0.717, 1.165) is 35.8 Å². The highest BCUT2D eigenvalue weighted by Gasteiger charge is 2.42. The molecule has 2 atom stereocenters. The fourth-order valence-electron chi connectivity index (χ4n) is 4.17. The Morgan fingerprint density at radius 1 is 1.13 bits per heavy atom. The number of benzene rings is 2. The first-order valence-electron chi connectivity index (χ1n) is 10.8. The number of nitrogens with zero attached hydrogens (tertiary/aromatic N) is 1. The summed E-state index contributed by atoms with van der Waals surface area (Å²) in [6.07, 6.45) is 4.09. The van der Waals surface area contributed by atoms with Crippen LogP contribution in [-0.2, 0) is 21.2 Å². The molecule has 2 unspecified atom stereocenters. The standard InChI is InChI=1S/C24H30N2O4S/c1-24(12-13-24)17-30-23(27)26-14-11-21(25-31(2,28)29)22(26)16-18-7-6-10-20(15-18)19-8-4-3-5-9-19/h3-10,15,21-22,25H,11-14,16-17H2,1-2H3. The maximum atomic E-state index is 12.8. The van der Waals surface area contributed by atoms with Gasteiger partial charge in [0, 0.05) is 18.0 Å². The largest absolute Gasteiger partial charge is 0.449 e. The van der Waals surface area contributed by atoms with E-state index in [2.05, 4.69) is 35.9 Å². The summed E-state index contributed by atoms with van der Waals surface area (Å²) in [6.45, 7) is 3.01. The van der Waals surface area contributed by atoms with Gasteiger partial charge in [0.25, 0.3) is 0 Å². The second-order valence-electron chi connectivity index (χ2n) is 9.18. The fraction of sp³-hybridized carbons (Fsp3) is 0.458. The van der Waals surface area contributed by atoms with Crippen LogP contribution in [0, 0.1) is 5.41 Å². The number of rotatable bonds is 7. The van der Waals surface area contributed by atoms with Gasteiger partial charge < -0.3 is 9.64 Å². The summed E-state index contributed by atoms with van der Waals surface area (Å²) in [7, 11) is -3.39. The Labute approximate surface area is 184 Å². The van der Waals surface area contributed by atoms with Gasteiger partial charge in [0.1, 0.15) is 0 Å². The maximum Gasteiger partial charge on any atom is 0.410 e. The molecule has 1 aliphatic carbocycles. The minimum Gasteiger partial charge on any atom is -0.449 e. The number of ether oxygens (including phenoxy) is 1. The summed E-state index contributed by atoms with van der Waals surface area (Å²) in [5.41, 5.74) is 3.38. The van der Waals surface area contributed by atoms with Gasteiger partial charge in [-0.1, -0.05) is 61.5 Å². The molecule has 2 aromatic carbocycles. The molecule has 31 heavy (non-hydrogen) atoms. The Morgan fingerprint density at radius 2 is 1.84 bits per heavy atom. The van der Waals surface area contributed by atoms with Crippen LogP contribution in [0.5, 0.6) is 0 Å². The molecule has 0 radical (unpaired) electrons. The number of hydrogen-bond acceptors (Lipinski definition) is 4. The van der Waals surface area contributed by atoms with Crippen LogP contribution in [0.2, 0.25) is 0 Å². The zero-order chi connectivity index (χ0) is 22.1. The van der Waals surface area contributed by atoms with E-state index in [0.29, 0.717) is 26.0 Å². The molecule has 2 aliphatic rings. The van der Waals surface area contributed by atoms with E-state index in [1.807, 2.05) is 30.3 Å². The van der Waals surface area contributed by atoms with Crippen LogP contribution in [0.3, 0.4) is 0 Å². The third-order valence-corrected chi connectivity index (χ3v) is 7.00. The van der Waals surface area contributed by atoms with E-state index in [1.54, 1.807) is 4.90 Å². The minimum atomic E-state index is -3.39. The summed E-state index contributed by atoms with van der Waals surface area (Å²) < 4.78 is 32.2. The van der Waals surface area contributed by atoms with Crippen LogP contribution < -0.4 is 4.72 Å². The van der Waals surface area contributed by atoms with Gasteiger partial charge in [-0.2, -0.15) is 0 Å². The first kappa shape index (κ1) is 21.8. The molecule has 6 nitrogen and oxygen atoms in total. The van der Waals surface area contributed by atoms with Gasteiger partial charge in [0.15, 0.2) is 0 Å². The van der Waals surface area contributed by atoms with Crippen LogP contribution in [0.4, 0.5) is 4.79 Å². The first-order chi connectivity index (χ1) is 14.7. The second-order valence-corrected chi connectivity index (χ2v) is 11.0. The van der Waals surface area contributed by atoms with Crippen LogP contribution in [0.25, 0.3) is 11.1 Å². The van der Waals surface area contributed by atoms with E-state index < -0.39 is 10.0 Å². The van der Waals surface area contributed by atoms with E-state index in [4.69, 9.17) is 4.74 Å². The summed E-state index contributed by atoms with van der Waals surface area (Å²) >= 11 is 0. The van der Waals surface area contributed by atoms with Crippen LogP contribution >= 0.6 is 0 Å². The van der Waals surface area contributed by atoms with E-state index in [1.165, 1.54) is 0 Å². The van der Waals surface area contributed by atoms with Crippen molar-refractivity contribution in [2.45, 2.75) is 44.7 Å². The highest BCUT2D eigenvalue weighted by atomic mass is 32.2. The third kappa shape index (κ3) is 5.66. The second kappa shape index (κ2) is 8.63. The van der Waals surface area contributed by atoms with Crippen LogP contribution in [0.1, 0.15) is 31.7 Å². The fourth-order valence-corrected chi connectivity index (χ4v) is 5.00. The van der Waals surface area contributed by atoms with Gasteiger partial charge >= 0.3 is 6.09 Å². The normalized spacial score (nSPS) is 22.3. The van der Waals surface area contributed by atoms with Gasteiger partial charge in [-0.05, 0) is 42.4 Å². The Morgan fingerprint density at radius 3 is 2.52 bits per heavy atom. The number of nitrogens with one attached hydrogen (secondary N) is 1. The zero-order valence-electron chi connectivity index (χ0n) is 18.1. The summed E-state index contributed by atoms with van der Waals surface area (Å²) in [6, 6.07) is 17.7. The number of likely N-dealkylation sites (tertiary alicyclic amines) is 1. The molecular weight excluding hydrogens is 412 g/mol. The molecule has 1 saturated heterocycles. The molecule has 4 rings (SSSR count). The van der Waals surface area contributed by atoms with Crippen LogP contribution in [-0.4, -0.2) is 50.9 Å². The van der Waals surface area contributed by atoms with Crippen molar-refractivity contribution in [1.82, 2.24) is 9.62 Å². The lowest BCUT2D eigenvalue weighted by Crippen LogP contribution is -2.48. The van der Waals surface area contributed by atoms with Gasteiger partial charge in [-0.25, -0.2) is 17.9 Å². The lowest BCUT2D eigenvalue weighted by atomic mass is 9.97. The van der Waals surface area contributed by atoms with Gasteiger partial charge in [0.05, 0.1) is 18.9 Å². The highest BCUT2D eigenvalue weighted by molar-refractivity contribution is 7.88. The Kier molecular flexibility index (Phi) is 6.08. The summed E-state index contributed by atoms with van der Waals surface area (Å²) in [5.74, 6) is 0. The Bertz CT molecular complexity index is 1030. The molecular formula is C24H30N2O4S. The molecule has 166 valence electrons. The van der Waals surface area contributed by atoms with E-state index in [-0.39, 0.29) is 23.6 Å². The van der Waals surface area contributed by atoms with E-state index >= 15 is 0 Å². The Hall–Kier alpha value is -2.38. The van der Waals surface area contributed by atoms with Crippen LogP contribution in [0.15, 0.2) is 54.6 Å². The molecule has 1 aliphatic heterocycles. The average molecular weight is 443 g/mol. The molecule has 0 bridgehead atoms. The van der Waals surface area contributed by atoms with Crippen molar-refractivity contribution >= 4 is 16.1 Å². The maximum absolute atomic E-state index is 12.8. The van der Waals surface area contributed by atoms with Gasteiger partial charge in [-0.3, -0.25) is 0 Å². The number of hydrogen-bond donors (Lipinski definition) is 1. The van der Waals surface area contributed by atoms with Crippen molar-refractivity contribution in [3.8, 4) is 11.1 Å². The lowest BCUT2D eigenvalue weighted by Gasteiger charge is -2.28. The zero-order valence-corrected chi connectivity index (χ0v) is 18.9. The molecule has 1 heterocycles. The molecule has 2 aromatic rings. The first-order valence-corrected chi connectivity index (χ1v) is 12.7.